The van der Waals surface area contributed by atoms with Gasteiger partial charge >= 0.3 is 5.97 Å². The molecule has 1 rings (SSSR count). The summed E-state index contributed by atoms with van der Waals surface area (Å²) >= 11 is 0. The van der Waals surface area contributed by atoms with Gasteiger partial charge in [0.05, 0.1) is 6.42 Å². The van der Waals surface area contributed by atoms with Crippen LogP contribution in [0.2, 0.25) is 0 Å². The fraction of sp³-hybridized carbons (Fsp3) is 0.462. The molecule has 0 spiro atoms. The quantitative estimate of drug-likeness (QED) is 0.829. The third-order valence-corrected chi connectivity index (χ3v) is 2.93. The second-order valence-electron chi connectivity index (χ2n) is 4.30. The van der Waals surface area contributed by atoms with Gasteiger partial charge < -0.3 is 10.8 Å². The van der Waals surface area contributed by atoms with Gasteiger partial charge in [-0.15, -0.1) is 0 Å². The standard InChI is InChI=1S/C13H18FNO2/c1-3-12(15)10(7-13(16)17)9-6-8(2)4-5-11(9)14/h4-6,10,12H,3,7,15H2,1-2H3,(H,16,17). The first-order valence-electron chi connectivity index (χ1n) is 5.69. The molecule has 3 nitrogen and oxygen atoms in total. The minimum Gasteiger partial charge on any atom is -0.481 e. The van der Waals surface area contributed by atoms with Crippen molar-refractivity contribution in [2.24, 2.45) is 5.73 Å². The van der Waals surface area contributed by atoms with E-state index in [4.69, 9.17) is 10.8 Å². The molecule has 0 aliphatic carbocycles. The van der Waals surface area contributed by atoms with Crippen LogP contribution >= 0.6 is 0 Å². The van der Waals surface area contributed by atoms with Crippen LogP contribution in [0.1, 0.15) is 36.8 Å². The zero-order valence-corrected chi connectivity index (χ0v) is 10.1. The summed E-state index contributed by atoms with van der Waals surface area (Å²) < 4.78 is 13.7. The van der Waals surface area contributed by atoms with Gasteiger partial charge in [0, 0.05) is 12.0 Å². The zero-order valence-electron chi connectivity index (χ0n) is 10.1. The van der Waals surface area contributed by atoms with E-state index in [1.165, 1.54) is 6.07 Å². The summed E-state index contributed by atoms with van der Waals surface area (Å²) in [4.78, 5) is 10.8. The number of carbonyl (C=O) groups is 1. The lowest BCUT2D eigenvalue weighted by Gasteiger charge is -2.22. The Labute approximate surface area is 100 Å². The van der Waals surface area contributed by atoms with Crippen molar-refractivity contribution >= 4 is 5.97 Å². The summed E-state index contributed by atoms with van der Waals surface area (Å²) in [6.45, 7) is 3.71. The van der Waals surface area contributed by atoms with Crippen LogP contribution in [0.5, 0.6) is 0 Å². The van der Waals surface area contributed by atoms with Crippen LogP contribution in [0.25, 0.3) is 0 Å². The molecule has 17 heavy (non-hydrogen) atoms. The van der Waals surface area contributed by atoms with Crippen LogP contribution < -0.4 is 5.73 Å². The molecular weight excluding hydrogens is 221 g/mol. The number of hydrogen-bond acceptors (Lipinski definition) is 2. The molecule has 1 aromatic carbocycles. The van der Waals surface area contributed by atoms with Crippen molar-refractivity contribution in [1.29, 1.82) is 0 Å². The molecule has 0 heterocycles. The molecular formula is C13H18FNO2. The SMILES string of the molecule is CCC(N)C(CC(=O)O)c1cc(C)ccc1F. The number of benzene rings is 1. The Morgan fingerprint density at radius 2 is 2.18 bits per heavy atom. The summed E-state index contributed by atoms with van der Waals surface area (Å²) in [5.74, 6) is -1.82. The van der Waals surface area contributed by atoms with E-state index < -0.39 is 11.9 Å². The Kier molecular flexibility index (Phi) is 4.63. The molecule has 4 heteroatoms. The number of halogens is 1. The monoisotopic (exact) mass is 239 g/mol. The molecule has 0 saturated heterocycles. The van der Waals surface area contributed by atoms with E-state index in [2.05, 4.69) is 0 Å². The van der Waals surface area contributed by atoms with Crippen LogP contribution in [0.15, 0.2) is 18.2 Å². The second-order valence-corrected chi connectivity index (χ2v) is 4.30. The maximum absolute atomic E-state index is 13.7. The van der Waals surface area contributed by atoms with Gasteiger partial charge in [0.25, 0.3) is 0 Å². The Balaban J connectivity index is 3.11. The molecule has 3 N–H and O–H groups in total. The van der Waals surface area contributed by atoms with Gasteiger partial charge in [0.15, 0.2) is 0 Å². The maximum Gasteiger partial charge on any atom is 0.304 e. The predicted molar refractivity (Wildman–Crippen MR) is 64.4 cm³/mol. The lowest BCUT2D eigenvalue weighted by molar-refractivity contribution is -0.137. The summed E-state index contributed by atoms with van der Waals surface area (Å²) in [6.07, 6.45) is 0.473. The predicted octanol–water partition coefficient (Wildman–Crippen LogP) is 2.43. The fourth-order valence-corrected chi connectivity index (χ4v) is 1.91. The molecule has 0 aromatic heterocycles. The lowest BCUT2D eigenvalue weighted by atomic mass is 9.86. The lowest BCUT2D eigenvalue weighted by Crippen LogP contribution is -2.30. The molecule has 94 valence electrons. The van der Waals surface area contributed by atoms with Gasteiger partial charge in [0.1, 0.15) is 5.82 Å². The normalized spacial score (nSPS) is 14.4. The van der Waals surface area contributed by atoms with Crippen LogP contribution in [-0.2, 0) is 4.79 Å². The van der Waals surface area contributed by atoms with E-state index >= 15 is 0 Å². The first-order valence-corrected chi connectivity index (χ1v) is 5.69. The number of nitrogens with two attached hydrogens (primary N) is 1. The van der Waals surface area contributed by atoms with Gasteiger partial charge in [-0.3, -0.25) is 4.79 Å². The molecule has 0 radical (unpaired) electrons. The van der Waals surface area contributed by atoms with Crippen molar-refractivity contribution < 1.29 is 14.3 Å². The van der Waals surface area contributed by atoms with E-state index in [0.29, 0.717) is 12.0 Å². The number of carboxylic acids is 1. The van der Waals surface area contributed by atoms with Crippen LogP contribution in [0, 0.1) is 12.7 Å². The van der Waals surface area contributed by atoms with Gasteiger partial charge in [-0.05, 0) is 25.0 Å². The highest BCUT2D eigenvalue weighted by atomic mass is 19.1. The van der Waals surface area contributed by atoms with Crippen molar-refractivity contribution in [2.45, 2.75) is 38.6 Å². The number of hydrogen-bond donors (Lipinski definition) is 2. The van der Waals surface area contributed by atoms with Crippen molar-refractivity contribution in [3.05, 3.63) is 35.1 Å². The Hall–Kier alpha value is -1.42. The van der Waals surface area contributed by atoms with E-state index in [0.717, 1.165) is 5.56 Å². The summed E-state index contributed by atoms with van der Waals surface area (Å²) in [7, 11) is 0. The number of aryl methyl sites for hydroxylation is 1. The topological polar surface area (TPSA) is 63.3 Å². The van der Waals surface area contributed by atoms with Crippen LogP contribution in [0.4, 0.5) is 4.39 Å². The molecule has 0 saturated carbocycles. The summed E-state index contributed by atoms with van der Waals surface area (Å²) in [5, 5.41) is 8.87. The maximum atomic E-state index is 13.7. The van der Waals surface area contributed by atoms with E-state index in [-0.39, 0.29) is 18.3 Å². The Morgan fingerprint density at radius 1 is 1.53 bits per heavy atom. The van der Waals surface area contributed by atoms with Crippen molar-refractivity contribution in [3.63, 3.8) is 0 Å². The first kappa shape index (κ1) is 13.6. The van der Waals surface area contributed by atoms with E-state index in [9.17, 15) is 9.18 Å². The molecule has 2 unspecified atom stereocenters. The molecule has 2 atom stereocenters. The van der Waals surface area contributed by atoms with Crippen molar-refractivity contribution in [3.8, 4) is 0 Å². The Morgan fingerprint density at radius 3 is 2.71 bits per heavy atom. The van der Waals surface area contributed by atoms with Crippen molar-refractivity contribution in [1.82, 2.24) is 0 Å². The van der Waals surface area contributed by atoms with Gasteiger partial charge in [-0.1, -0.05) is 24.6 Å². The van der Waals surface area contributed by atoms with Gasteiger partial charge in [-0.2, -0.15) is 0 Å². The highest BCUT2D eigenvalue weighted by Crippen LogP contribution is 2.27. The van der Waals surface area contributed by atoms with E-state index in [1.54, 1.807) is 12.1 Å². The number of carboxylic acid groups (broad SMARTS) is 1. The van der Waals surface area contributed by atoms with E-state index in [1.807, 2.05) is 13.8 Å². The molecule has 0 aliphatic heterocycles. The largest absolute Gasteiger partial charge is 0.481 e. The minimum absolute atomic E-state index is 0.143. The molecule has 0 amide bonds. The van der Waals surface area contributed by atoms with Gasteiger partial charge in [0.2, 0.25) is 0 Å². The third kappa shape index (κ3) is 3.53. The average Bonchev–Trinajstić information content (AvgIpc) is 2.28. The third-order valence-electron chi connectivity index (χ3n) is 2.93. The first-order chi connectivity index (χ1) is 7.95. The van der Waals surface area contributed by atoms with Crippen LogP contribution in [-0.4, -0.2) is 17.1 Å². The van der Waals surface area contributed by atoms with Crippen LogP contribution in [0.3, 0.4) is 0 Å². The molecule has 0 fully saturated rings. The van der Waals surface area contributed by atoms with Crippen molar-refractivity contribution in [2.75, 3.05) is 0 Å². The number of aliphatic carboxylic acids is 1. The molecule has 0 aliphatic rings. The molecule has 0 bridgehead atoms. The fourth-order valence-electron chi connectivity index (χ4n) is 1.91. The summed E-state index contributed by atoms with van der Waals surface area (Å²) in [6, 6.07) is 4.36. The average molecular weight is 239 g/mol. The highest BCUT2D eigenvalue weighted by Gasteiger charge is 2.24. The molecule has 1 aromatic rings. The second kappa shape index (κ2) is 5.77. The smallest absolute Gasteiger partial charge is 0.304 e. The number of rotatable bonds is 5. The van der Waals surface area contributed by atoms with Gasteiger partial charge in [-0.25, -0.2) is 4.39 Å². The zero-order chi connectivity index (χ0) is 13.0. The highest BCUT2D eigenvalue weighted by molar-refractivity contribution is 5.68. The Bertz CT molecular complexity index is 406. The summed E-state index contributed by atoms with van der Waals surface area (Å²) in [5.41, 5.74) is 7.19. The minimum atomic E-state index is -0.959.